The van der Waals surface area contributed by atoms with Gasteiger partial charge in [0.2, 0.25) is 5.91 Å². The van der Waals surface area contributed by atoms with Crippen LogP contribution in [0.3, 0.4) is 0 Å². The first-order chi connectivity index (χ1) is 14.4. The van der Waals surface area contributed by atoms with Crippen LogP contribution >= 0.6 is 34.9 Å². The molecule has 180 valence electrons. The zero-order valence-corrected chi connectivity index (χ0v) is 19.4. The van der Waals surface area contributed by atoms with Crippen LogP contribution in [0.5, 0.6) is 5.75 Å². The molecule has 2 aromatic rings. The Morgan fingerprint density at radius 3 is 2.34 bits per heavy atom. The predicted octanol–water partition coefficient (Wildman–Crippen LogP) is 3.20. The van der Waals surface area contributed by atoms with E-state index in [0.29, 0.717) is 0 Å². The molecule has 0 fully saturated rings. The molecule has 0 spiro atoms. The maximum absolute atomic E-state index is 14.2. The summed E-state index contributed by atoms with van der Waals surface area (Å²) in [6.07, 6.45) is -0.282. The first-order valence-corrected chi connectivity index (χ1v) is 12.8. The molecule has 0 aliphatic heterocycles. The van der Waals surface area contributed by atoms with Crippen LogP contribution < -0.4 is 15.2 Å². The average molecular weight is 591 g/mol. The second-order valence-corrected chi connectivity index (χ2v) is 11.3. The van der Waals surface area contributed by atoms with Crippen molar-refractivity contribution in [2.75, 3.05) is 13.2 Å². The van der Waals surface area contributed by atoms with Crippen LogP contribution in [0, 0.1) is 0 Å². The van der Waals surface area contributed by atoms with Crippen LogP contribution in [0.4, 0.5) is 22.0 Å². The Hall–Kier alpha value is -1.36. The fraction of sp³-hybridized carbons (Fsp3) is 0.357. The number of hydrogen-bond acceptors (Lipinski definition) is 6. The third-order valence-electron chi connectivity index (χ3n) is 3.79. The van der Waals surface area contributed by atoms with Crippen LogP contribution in [-0.4, -0.2) is 42.8 Å². The number of alkyl halides is 5. The molecule has 5 N–H and O–H groups in total. The molecule has 1 amide bonds. The molecule has 0 bridgehead atoms. The van der Waals surface area contributed by atoms with Gasteiger partial charge in [0.15, 0.2) is 0 Å². The van der Waals surface area contributed by atoms with Crippen molar-refractivity contribution >= 4 is 60.9 Å². The molecule has 0 saturated carbocycles. The van der Waals surface area contributed by atoms with E-state index in [4.69, 9.17) is 20.3 Å². The molecule has 18 heteroatoms. The number of ether oxygens (including phenoxy) is 1. The number of carbonyl (C=O) groups is 1. The lowest BCUT2D eigenvalue weighted by molar-refractivity contribution is -0.0447. The molecule has 0 radical (unpaired) electrons. The first kappa shape index (κ1) is 26.9. The van der Waals surface area contributed by atoms with Crippen LogP contribution in [0.25, 0.3) is 10.1 Å². The molecule has 1 aromatic heterocycles. The highest BCUT2D eigenvalue weighted by Gasteiger charge is 2.53. The van der Waals surface area contributed by atoms with Crippen LogP contribution in [0.2, 0.25) is 0 Å². The molecule has 2 rings (SSSR count). The number of nitrogens with one attached hydrogen (secondary N) is 1. The zero-order valence-electron chi connectivity index (χ0n) is 15.3. The third kappa shape index (κ3) is 5.40. The molecule has 0 aliphatic carbocycles. The number of fused-ring (bicyclic) bond motifs is 1. The molecule has 32 heavy (non-hydrogen) atoms. The Balaban J connectivity index is 2.34. The van der Waals surface area contributed by atoms with Crippen molar-refractivity contribution in [2.45, 2.75) is 17.6 Å². The third-order valence-corrected chi connectivity index (χ3v) is 8.47. The molecular formula is C14H13BrF5N2O7PS2. The highest BCUT2D eigenvalue weighted by molar-refractivity contribution is 9.10. The summed E-state index contributed by atoms with van der Waals surface area (Å²) < 4.78 is 105. The molecule has 9 nitrogen and oxygen atoms in total. The van der Waals surface area contributed by atoms with Gasteiger partial charge in [0.25, 0.3) is 0 Å². The number of hydrogen-bond donors (Lipinski definition) is 4. The number of sulfonamides is 1. The van der Waals surface area contributed by atoms with Gasteiger partial charge in [-0.3, -0.25) is 9.36 Å². The summed E-state index contributed by atoms with van der Waals surface area (Å²) in [5.41, 5.74) is -5.10. The van der Waals surface area contributed by atoms with E-state index in [1.165, 1.54) is 4.72 Å². The van der Waals surface area contributed by atoms with Gasteiger partial charge in [0, 0.05) is 22.0 Å². The molecular weight excluding hydrogens is 578 g/mol. The Labute approximate surface area is 189 Å². The van der Waals surface area contributed by atoms with Crippen molar-refractivity contribution in [3.63, 3.8) is 0 Å². The lowest BCUT2D eigenvalue weighted by atomic mass is 10.1. The average Bonchev–Trinajstić information content (AvgIpc) is 2.97. The smallest absolute Gasteiger partial charge is 0.492 e. The fourth-order valence-corrected chi connectivity index (χ4v) is 5.81. The number of halogens is 6. The number of benzene rings is 1. The van der Waals surface area contributed by atoms with E-state index in [1.54, 1.807) is 0 Å². The molecule has 0 aliphatic rings. The molecule has 1 heterocycles. The van der Waals surface area contributed by atoms with Crippen molar-refractivity contribution < 1.29 is 54.3 Å². The normalized spacial score (nSPS) is 13.5. The van der Waals surface area contributed by atoms with E-state index in [2.05, 4.69) is 15.9 Å². The van der Waals surface area contributed by atoms with Crippen LogP contribution in [0.15, 0.2) is 16.6 Å². The van der Waals surface area contributed by atoms with Gasteiger partial charge < -0.3 is 20.3 Å². The Morgan fingerprint density at radius 2 is 1.84 bits per heavy atom. The maximum Gasteiger partial charge on any atom is 0.511 e. The monoisotopic (exact) mass is 590 g/mol. The Bertz CT molecular complexity index is 1200. The second kappa shape index (κ2) is 9.12. The minimum absolute atomic E-state index is 0.0686. The van der Waals surface area contributed by atoms with E-state index in [-0.39, 0.29) is 39.2 Å². The number of rotatable bonds is 9. The highest BCUT2D eigenvalue weighted by atomic mass is 79.9. The van der Waals surface area contributed by atoms with Gasteiger partial charge in [-0.1, -0.05) is 0 Å². The lowest BCUT2D eigenvalue weighted by Gasteiger charge is -2.16. The SMILES string of the molecule is NC(=O)c1cc(OCCCNS(=O)(=O)C(F)(F)F)c2sc(C(F)(F)P(=O)(O)O)c(Br)c2c1. The topological polar surface area (TPSA) is 156 Å². The van der Waals surface area contributed by atoms with E-state index < -0.39 is 57.2 Å². The first-order valence-electron chi connectivity index (χ1n) is 8.08. The molecule has 0 atom stereocenters. The van der Waals surface area contributed by atoms with Gasteiger partial charge in [0.1, 0.15) is 10.6 Å². The standard InChI is InChI=1S/C14H13BrF5N2O7PS2/c15-9-7-4-6(12(21)23)5-8(10(7)31-11(9)13(16,17)30(24,25)26)29-3-1-2-22-32(27,28)14(18,19)20/h4-5,22H,1-3H2,(H2,21,23)(H2,24,25,26). The van der Waals surface area contributed by atoms with Crippen LogP contribution in [0.1, 0.15) is 21.7 Å². The zero-order chi connectivity index (χ0) is 24.7. The number of amides is 1. The van der Waals surface area contributed by atoms with E-state index in [1.807, 2.05) is 0 Å². The minimum Gasteiger partial charge on any atom is -0.492 e. The minimum atomic E-state index is -5.92. The summed E-state index contributed by atoms with van der Waals surface area (Å²) >= 11 is 3.08. The number of primary amides is 1. The maximum atomic E-state index is 14.2. The quantitative estimate of drug-likeness (QED) is 0.198. The summed E-state index contributed by atoms with van der Waals surface area (Å²) in [5.74, 6) is -1.22. The highest BCUT2D eigenvalue weighted by Crippen LogP contribution is 2.63. The molecule has 0 saturated heterocycles. The van der Waals surface area contributed by atoms with Crippen molar-refractivity contribution in [3.05, 3.63) is 27.0 Å². The van der Waals surface area contributed by atoms with Crippen molar-refractivity contribution in [2.24, 2.45) is 5.73 Å². The van der Waals surface area contributed by atoms with Crippen molar-refractivity contribution in [3.8, 4) is 5.75 Å². The predicted molar refractivity (Wildman–Crippen MR) is 107 cm³/mol. The lowest BCUT2D eigenvalue weighted by Crippen LogP contribution is -2.37. The van der Waals surface area contributed by atoms with Crippen LogP contribution in [-0.2, 0) is 20.3 Å². The number of nitrogens with two attached hydrogens (primary N) is 1. The fourth-order valence-electron chi connectivity index (χ4n) is 2.26. The number of thiophene rings is 1. The van der Waals surface area contributed by atoms with E-state index >= 15 is 0 Å². The van der Waals surface area contributed by atoms with Gasteiger partial charge in [-0.25, -0.2) is 13.1 Å². The summed E-state index contributed by atoms with van der Waals surface area (Å²) in [6, 6.07) is 2.13. The largest absolute Gasteiger partial charge is 0.511 e. The Morgan fingerprint density at radius 1 is 1.25 bits per heavy atom. The van der Waals surface area contributed by atoms with E-state index in [0.717, 1.165) is 12.1 Å². The van der Waals surface area contributed by atoms with Gasteiger partial charge in [-0.05, 0) is 34.5 Å². The summed E-state index contributed by atoms with van der Waals surface area (Å²) in [5, 5.41) is -0.0813. The Kier molecular flexibility index (Phi) is 7.66. The summed E-state index contributed by atoms with van der Waals surface area (Å²) in [7, 11) is -11.5. The number of carbonyl (C=O) groups excluding carboxylic acids is 1. The van der Waals surface area contributed by atoms with Gasteiger partial charge in [-0.15, -0.1) is 11.3 Å². The van der Waals surface area contributed by atoms with Crippen molar-refractivity contribution in [1.82, 2.24) is 4.72 Å². The van der Waals surface area contributed by atoms with Gasteiger partial charge in [0.05, 0.1) is 11.3 Å². The van der Waals surface area contributed by atoms with Gasteiger partial charge in [-0.2, -0.15) is 22.0 Å². The summed E-state index contributed by atoms with van der Waals surface area (Å²) in [6.45, 7) is -1.08. The van der Waals surface area contributed by atoms with Gasteiger partial charge >= 0.3 is 28.8 Å². The second-order valence-electron chi connectivity index (χ2n) is 6.09. The van der Waals surface area contributed by atoms with Crippen molar-refractivity contribution in [1.29, 1.82) is 0 Å². The summed E-state index contributed by atoms with van der Waals surface area (Å²) in [4.78, 5) is 28.5. The molecule has 1 aromatic carbocycles. The van der Waals surface area contributed by atoms with E-state index in [9.17, 15) is 39.7 Å². The molecule has 0 unspecified atom stereocenters.